The summed E-state index contributed by atoms with van der Waals surface area (Å²) < 4.78 is 5.84. The average Bonchev–Trinajstić information content (AvgIpc) is 3.33. The Morgan fingerprint density at radius 3 is 2.61 bits per heavy atom. The van der Waals surface area contributed by atoms with Crippen LogP contribution in [0.4, 0.5) is 11.6 Å². The smallest absolute Gasteiger partial charge is 0.270 e. The van der Waals surface area contributed by atoms with Gasteiger partial charge in [0.1, 0.15) is 11.3 Å². The molecule has 1 aromatic heterocycles. The van der Waals surface area contributed by atoms with Gasteiger partial charge in [-0.1, -0.05) is 12.1 Å². The van der Waals surface area contributed by atoms with Crippen molar-refractivity contribution < 1.29 is 14.0 Å². The normalized spacial score (nSPS) is 18.9. The Morgan fingerprint density at radius 2 is 1.86 bits per heavy atom. The van der Waals surface area contributed by atoms with Crippen LogP contribution in [0.5, 0.6) is 0 Å². The molecule has 2 aromatic rings. The lowest BCUT2D eigenvalue weighted by atomic mass is 10.0. The number of carbonyl (C=O) groups is 2. The number of rotatable bonds is 3. The molecule has 7 heteroatoms. The van der Waals surface area contributed by atoms with Crippen LogP contribution in [-0.4, -0.2) is 30.0 Å². The Balaban J connectivity index is 1.68. The Bertz CT molecular complexity index is 1000. The summed E-state index contributed by atoms with van der Waals surface area (Å²) in [7, 11) is 0. The van der Waals surface area contributed by atoms with E-state index in [9.17, 15) is 9.59 Å². The summed E-state index contributed by atoms with van der Waals surface area (Å²) in [5, 5.41) is 2.70. The second kappa shape index (κ2) is 7.24. The molecular formula is C21H21N3O3S. The van der Waals surface area contributed by atoms with Crippen LogP contribution in [-0.2, 0) is 9.59 Å². The zero-order valence-corrected chi connectivity index (χ0v) is 16.6. The summed E-state index contributed by atoms with van der Waals surface area (Å²) in [5.74, 6) is 0.251. The Labute approximate surface area is 168 Å². The molecule has 6 nitrogen and oxygen atoms in total. The zero-order valence-electron chi connectivity index (χ0n) is 15.8. The van der Waals surface area contributed by atoms with E-state index in [2.05, 4.69) is 10.2 Å². The van der Waals surface area contributed by atoms with Crippen LogP contribution >= 0.6 is 12.2 Å². The van der Waals surface area contributed by atoms with Crippen LogP contribution in [0.2, 0.25) is 0 Å². The number of nitrogens with one attached hydrogen (secondary N) is 1. The molecule has 0 radical (unpaired) electrons. The molecule has 2 amide bonds. The van der Waals surface area contributed by atoms with E-state index in [1.165, 1.54) is 11.0 Å². The lowest BCUT2D eigenvalue weighted by Gasteiger charge is -2.30. The van der Waals surface area contributed by atoms with E-state index in [0.717, 1.165) is 42.9 Å². The fourth-order valence-corrected chi connectivity index (χ4v) is 3.80. The van der Waals surface area contributed by atoms with Crippen molar-refractivity contribution in [1.82, 2.24) is 5.32 Å². The first kappa shape index (κ1) is 18.4. The number of aryl methyl sites for hydroxylation is 1. The van der Waals surface area contributed by atoms with Gasteiger partial charge in [-0.15, -0.1) is 0 Å². The molecule has 0 spiro atoms. The Kier molecular flexibility index (Phi) is 4.77. The standard InChI is InChI=1S/C21H21N3O3S/c1-13-6-5-7-17(14(13)2)24-20(26)16(19(25)22-21(24)28)12-15-8-9-18(27-15)23-10-3-4-11-23/h5-9,12H,3-4,10-11H2,1-2H3,(H,22,25,28)/b16-12+. The van der Waals surface area contributed by atoms with Crippen molar-refractivity contribution in [2.24, 2.45) is 0 Å². The largest absolute Gasteiger partial charge is 0.441 e. The lowest BCUT2D eigenvalue weighted by Crippen LogP contribution is -2.54. The first-order valence-corrected chi connectivity index (χ1v) is 9.69. The monoisotopic (exact) mass is 395 g/mol. The number of hydrogen-bond acceptors (Lipinski definition) is 5. The van der Waals surface area contributed by atoms with Crippen LogP contribution in [0.15, 0.2) is 40.3 Å². The van der Waals surface area contributed by atoms with Gasteiger partial charge in [0.25, 0.3) is 11.8 Å². The maximum Gasteiger partial charge on any atom is 0.270 e. The van der Waals surface area contributed by atoms with E-state index in [1.54, 1.807) is 6.07 Å². The van der Waals surface area contributed by atoms with Gasteiger partial charge in [-0.25, -0.2) is 0 Å². The summed E-state index contributed by atoms with van der Waals surface area (Å²) >= 11 is 5.28. The third-order valence-corrected chi connectivity index (χ3v) is 5.52. The van der Waals surface area contributed by atoms with Crippen molar-refractivity contribution in [2.75, 3.05) is 22.9 Å². The van der Waals surface area contributed by atoms with E-state index in [1.807, 2.05) is 38.1 Å². The molecule has 0 unspecified atom stereocenters. The summed E-state index contributed by atoms with van der Waals surface area (Å²) in [6.45, 7) is 5.80. The topological polar surface area (TPSA) is 65.8 Å². The van der Waals surface area contributed by atoms with Crippen LogP contribution in [0.25, 0.3) is 6.08 Å². The number of anilines is 2. The van der Waals surface area contributed by atoms with E-state index in [0.29, 0.717) is 11.4 Å². The van der Waals surface area contributed by atoms with Gasteiger partial charge in [0, 0.05) is 19.2 Å². The van der Waals surface area contributed by atoms with Crippen molar-refractivity contribution in [3.63, 3.8) is 0 Å². The molecule has 0 bridgehead atoms. The maximum absolute atomic E-state index is 13.1. The van der Waals surface area contributed by atoms with Gasteiger partial charge in [-0.3, -0.25) is 19.8 Å². The lowest BCUT2D eigenvalue weighted by molar-refractivity contribution is -0.122. The molecule has 2 saturated heterocycles. The fraction of sp³-hybridized carbons (Fsp3) is 0.286. The SMILES string of the molecule is Cc1cccc(N2C(=O)/C(=C/c3ccc(N4CCCC4)o3)C(=O)NC2=S)c1C. The highest BCUT2D eigenvalue weighted by Crippen LogP contribution is 2.28. The van der Waals surface area contributed by atoms with Crippen molar-refractivity contribution in [1.29, 1.82) is 0 Å². The van der Waals surface area contributed by atoms with Gasteiger partial charge in [-0.2, -0.15) is 0 Å². The van der Waals surface area contributed by atoms with E-state index >= 15 is 0 Å². The van der Waals surface area contributed by atoms with Gasteiger partial charge < -0.3 is 9.32 Å². The fourth-order valence-electron chi connectivity index (χ4n) is 3.52. The summed E-state index contributed by atoms with van der Waals surface area (Å²) in [6.07, 6.45) is 3.76. The average molecular weight is 395 g/mol. The van der Waals surface area contributed by atoms with Crippen LogP contribution < -0.4 is 15.1 Å². The van der Waals surface area contributed by atoms with Crippen molar-refractivity contribution >= 4 is 46.8 Å². The third kappa shape index (κ3) is 3.22. The number of benzene rings is 1. The predicted octanol–water partition coefficient (Wildman–Crippen LogP) is 3.33. The second-order valence-electron chi connectivity index (χ2n) is 7.05. The van der Waals surface area contributed by atoms with Crippen LogP contribution in [0.1, 0.15) is 29.7 Å². The highest BCUT2D eigenvalue weighted by Gasteiger charge is 2.35. The van der Waals surface area contributed by atoms with Gasteiger partial charge in [0.05, 0.1) is 5.69 Å². The number of hydrogen-bond donors (Lipinski definition) is 1. The van der Waals surface area contributed by atoms with E-state index in [-0.39, 0.29) is 10.7 Å². The highest BCUT2D eigenvalue weighted by molar-refractivity contribution is 7.80. The van der Waals surface area contributed by atoms with Crippen molar-refractivity contribution in [3.8, 4) is 0 Å². The molecule has 144 valence electrons. The minimum atomic E-state index is -0.518. The number of amides is 2. The first-order valence-electron chi connectivity index (χ1n) is 9.28. The molecule has 0 aliphatic carbocycles. The third-order valence-electron chi connectivity index (χ3n) is 5.24. The number of nitrogens with zero attached hydrogens (tertiary/aromatic N) is 2. The molecule has 28 heavy (non-hydrogen) atoms. The minimum Gasteiger partial charge on any atom is -0.441 e. The second-order valence-corrected chi connectivity index (χ2v) is 7.43. The first-order chi connectivity index (χ1) is 13.5. The molecule has 1 N–H and O–H groups in total. The van der Waals surface area contributed by atoms with Gasteiger partial charge in [0.2, 0.25) is 0 Å². The molecule has 2 aliphatic rings. The molecule has 2 aliphatic heterocycles. The molecule has 3 heterocycles. The number of thiocarbonyl (C=S) groups is 1. The highest BCUT2D eigenvalue weighted by atomic mass is 32.1. The van der Waals surface area contributed by atoms with Gasteiger partial charge in [-0.05, 0) is 68.2 Å². The van der Waals surface area contributed by atoms with E-state index < -0.39 is 11.8 Å². The quantitative estimate of drug-likeness (QED) is 0.491. The molecule has 1 aromatic carbocycles. The molecule has 2 fully saturated rings. The maximum atomic E-state index is 13.1. The summed E-state index contributed by atoms with van der Waals surface area (Å²) in [4.78, 5) is 29.1. The zero-order chi connectivity index (χ0) is 19.8. The van der Waals surface area contributed by atoms with E-state index in [4.69, 9.17) is 16.6 Å². The predicted molar refractivity (Wildman–Crippen MR) is 112 cm³/mol. The van der Waals surface area contributed by atoms with Gasteiger partial charge in [0.15, 0.2) is 11.0 Å². The van der Waals surface area contributed by atoms with Crippen molar-refractivity contribution in [3.05, 3.63) is 52.8 Å². The summed E-state index contributed by atoms with van der Waals surface area (Å²) in [6, 6.07) is 9.29. The molecule has 0 saturated carbocycles. The van der Waals surface area contributed by atoms with Crippen LogP contribution in [0.3, 0.4) is 0 Å². The number of carbonyl (C=O) groups excluding carboxylic acids is 2. The van der Waals surface area contributed by atoms with Crippen molar-refractivity contribution in [2.45, 2.75) is 26.7 Å². The van der Waals surface area contributed by atoms with Gasteiger partial charge >= 0.3 is 0 Å². The Morgan fingerprint density at radius 1 is 1.11 bits per heavy atom. The molecular weight excluding hydrogens is 374 g/mol. The molecule has 0 atom stereocenters. The van der Waals surface area contributed by atoms with Crippen LogP contribution in [0, 0.1) is 13.8 Å². The Hall–Kier alpha value is -2.93. The molecule has 4 rings (SSSR count). The number of furan rings is 1. The minimum absolute atomic E-state index is 0.00294. The summed E-state index contributed by atoms with van der Waals surface area (Å²) in [5.41, 5.74) is 2.63.